The van der Waals surface area contributed by atoms with Crippen LogP contribution < -0.4 is 15.8 Å². The Labute approximate surface area is 116 Å². The van der Waals surface area contributed by atoms with Crippen molar-refractivity contribution < 1.29 is 4.74 Å². The zero-order valence-corrected chi connectivity index (χ0v) is 11.6. The third kappa shape index (κ3) is 3.09. The molecular formula is C13H15ClN2OS. The van der Waals surface area contributed by atoms with Crippen molar-refractivity contribution in [1.82, 2.24) is 0 Å². The van der Waals surface area contributed by atoms with E-state index in [2.05, 4.69) is 5.32 Å². The van der Waals surface area contributed by atoms with Crippen molar-refractivity contribution in [3.05, 3.63) is 39.5 Å². The van der Waals surface area contributed by atoms with Gasteiger partial charge in [-0.1, -0.05) is 11.6 Å². The van der Waals surface area contributed by atoms with Gasteiger partial charge >= 0.3 is 0 Å². The van der Waals surface area contributed by atoms with E-state index < -0.39 is 0 Å². The first-order chi connectivity index (χ1) is 8.70. The van der Waals surface area contributed by atoms with Crippen LogP contribution in [0.25, 0.3) is 0 Å². The minimum absolute atomic E-state index is 0.622. The second-order valence-electron chi connectivity index (χ2n) is 3.73. The highest BCUT2D eigenvalue weighted by Gasteiger charge is 2.06. The average Bonchev–Trinajstić information content (AvgIpc) is 2.75. The molecule has 0 amide bonds. The highest BCUT2D eigenvalue weighted by Crippen LogP contribution is 2.29. The summed E-state index contributed by atoms with van der Waals surface area (Å²) in [4.78, 5) is 1.11. The maximum atomic E-state index is 5.99. The van der Waals surface area contributed by atoms with E-state index in [-0.39, 0.29) is 0 Å². The number of ether oxygens (including phenoxy) is 1. The van der Waals surface area contributed by atoms with E-state index in [1.807, 2.05) is 36.6 Å². The molecule has 0 bridgehead atoms. The maximum Gasteiger partial charge on any atom is 0.142 e. The highest BCUT2D eigenvalue weighted by molar-refractivity contribution is 7.10. The number of benzene rings is 1. The van der Waals surface area contributed by atoms with Crippen LogP contribution in [0.5, 0.6) is 5.75 Å². The highest BCUT2D eigenvalue weighted by atomic mass is 35.5. The number of nitrogens with two attached hydrogens (primary N) is 1. The Hall–Kier alpha value is -1.39. The summed E-state index contributed by atoms with van der Waals surface area (Å²) in [5.41, 5.74) is 7.54. The van der Waals surface area contributed by atoms with E-state index in [0.29, 0.717) is 18.2 Å². The molecule has 5 heteroatoms. The van der Waals surface area contributed by atoms with Crippen LogP contribution in [0.4, 0.5) is 11.4 Å². The van der Waals surface area contributed by atoms with Crippen LogP contribution in [0.2, 0.25) is 5.02 Å². The van der Waals surface area contributed by atoms with Gasteiger partial charge < -0.3 is 15.8 Å². The lowest BCUT2D eigenvalue weighted by Crippen LogP contribution is -2.03. The lowest BCUT2D eigenvalue weighted by molar-refractivity contribution is 0.341. The fourth-order valence-electron chi connectivity index (χ4n) is 1.59. The van der Waals surface area contributed by atoms with Crippen LogP contribution in [-0.2, 0) is 6.54 Å². The SMILES string of the molecule is CCOc1ccc(Cl)cc1NCc1sccc1N. The van der Waals surface area contributed by atoms with Gasteiger partial charge in [0.1, 0.15) is 5.75 Å². The van der Waals surface area contributed by atoms with Gasteiger partial charge in [0.05, 0.1) is 18.8 Å². The van der Waals surface area contributed by atoms with E-state index in [1.165, 1.54) is 0 Å². The summed E-state index contributed by atoms with van der Waals surface area (Å²) in [5.74, 6) is 0.803. The minimum atomic E-state index is 0.622. The fourth-order valence-corrected chi connectivity index (χ4v) is 2.50. The van der Waals surface area contributed by atoms with Gasteiger partial charge in [0.25, 0.3) is 0 Å². The predicted octanol–water partition coefficient (Wildman–Crippen LogP) is 3.99. The minimum Gasteiger partial charge on any atom is -0.492 e. The third-order valence-corrected chi connectivity index (χ3v) is 3.63. The summed E-state index contributed by atoms with van der Waals surface area (Å²) >= 11 is 7.62. The molecule has 96 valence electrons. The Morgan fingerprint density at radius 3 is 2.89 bits per heavy atom. The normalized spacial score (nSPS) is 10.3. The van der Waals surface area contributed by atoms with Crippen molar-refractivity contribution in [3.63, 3.8) is 0 Å². The largest absolute Gasteiger partial charge is 0.492 e. The molecule has 0 fully saturated rings. The van der Waals surface area contributed by atoms with Gasteiger partial charge in [-0.3, -0.25) is 0 Å². The maximum absolute atomic E-state index is 5.99. The van der Waals surface area contributed by atoms with Crippen molar-refractivity contribution in [2.45, 2.75) is 13.5 Å². The van der Waals surface area contributed by atoms with Crippen LogP contribution in [0, 0.1) is 0 Å². The first-order valence-electron chi connectivity index (χ1n) is 5.68. The Kier molecular flexibility index (Phi) is 4.33. The first kappa shape index (κ1) is 13.1. The number of anilines is 2. The molecular weight excluding hydrogens is 268 g/mol. The van der Waals surface area contributed by atoms with Gasteiger partial charge in [-0.25, -0.2) is 0 Å². The fraction of sp³-hybridized carbons (Fsp3) is 0.231. The standard InChI is InChI=1S/C13H15ClN2OS/c1-2-17-12-4-3-9(14)7-11(12)16-8-13-10(15)5-6-18-13/h3-7,16H,2,8,15H2,1H3. The van der Waals surface area contributed by atoms with E-state index in [9.17, 15) is 0 Å². The summed E-state index contributed by atoms with van der Waals surface area (Å²) in [6.07, 6.45) is 0. The molecule has 0 spiro atoms. The average molecular weight is 283 g/mol. The summed E-state index contributed by atoms with van der Waals surface area (Å²) < 4.78 is 5.54. The van der Waals surface area contributed by atoms with Crippen LogP contribution in [-0.4, -0.2) is 6.61 Å². The summed E-state index contributed by atoms with van der Waals surface area (Å²) in [5, 5.41) is 5.96. The van der Waals surface area contributed by atoms with E-state index in [1.54, 1.807) is 11.3 Å². The molecule has 0 aliphatic carbocycles. The quantitative estimate of drug-likeness (QED) is 0.871. The van der Waals surface area contributed by atoms with E-state index >= 15 is 0 Å². The second kappa shape index (κ2) is 5.98. The summed E-state index contributed by atoms with van der Waals surface area (Å²) in [6, 6.07) is 7.45. The van der Waals surface area contributed by atoms with Gasteiger partial charge in [-0.2, -0.15) is 0 Å². The molecule has 1 aromatic carbocycles. The monoisotopic (exact) mass is 282 g/mol. The van der Waals surface area contributed by atoms with Crippen LogP contribution >= 0.6 is 22.9 Å². The molecule has 0 radical (unpaired) electrons. The Balaban J connectivity index is 2.12. The molecule has 3 nitrogen and oxygen atoms in total. The number of thiophene rings is 1. The van der Waals surface area contributed by atoms with Crippen molar-refractivity contribution in [2.75, 3.05) is 17.7 Å². The van der Waals surface area contributed by atoms with E-state index in [0.717, 1.165) is 22.0 Å². The molecule has 2 aromatic rings. The van der Waals surface area contributed by atoms with Crippen LogP contribution in [0.15, 0.2) is 29.6 Å². The number of rotatable bonds is 5. The van der Waals surface area contributed by atoms with Gasteiger partial charge in [0.15, 0.2) is 0 Å². The number of nitrogen functional groups attached to an aromatic ring is 1. The molecule has 2 rings (SSSR count). The van der Waals surface area contributed by atoms with Gasteiger partial charge in [-0.05, 0) is 36.6 Å². The van der Waals surface area contributed by atoms with Crippen molar-refractivity contribution in [2.24, 2.45) is 0 Å². The third-order valence-electron chi connectivity index (χ3n) is 2.46. The molecule has 0 saturated carbocycles. The first-order valence-corrected chi connectivity index (χ1v) is 6.94. The van der Waals surface area contributed by atoms with Gasteiger partial charge in [0, 0.05) is 15.6 Å². The molecule has 0 unspecified atom stereocenters. The van der Waals surface area contributed by atoms with Gasteiger partial charge in [0.2, 0.25) is 0 Å². The molecule has 18 heavy (non-hydrogen) atoms. The zero-order chi connectivity index (χ0) is 13.0. The smallest absolute Gasteiger partial charge is 0.142 e. The number of halogens is 1. The Morgan fingerprint density at radius 2 is 2.22 bits per heavy atom. The van der Waals surface area contributed by atoms with Crippen molar-refractivity contribution in [1.29, 1.82) is 0 Å². The van der Waals surface area contributed by atoms with Crippen LogP contribution in [0.1, 0.15) is 11.8 Å². The lowest BCUT2D eigenvalue weighted by atomic mass is 10.3. The Morgan fingerprint density at radius 1 is 1.39 bits per heavy atom. The molecule has 1 heterocycles. The number of nitrogens with one attached hydrogen (secondary N) is 1. The van der Waals surface area contributed by atoms with Crippen molar-refractivity contribution in [3.8, 4) is 5.75 Å². The lowest BCUT2D eigenvalue weighted by Gasteiger charge is -2.12. The van der Waals surface area contributed by atoms with Gasteiger partial charge in [-0.15, -0.1) is 11.3 Å². The molecule has 0 aliphatic heterocycles. The second-order valence-corrected chi connectivity index (χ2v) is 5.16. The molecule has 0 atom stereocenters. The molecule has 0 saturated heterocycles. The summed E-state index contributed by atoms with van der Waals surface area (Å²) in [6.45, 7) is 3.25. The number of hydrogen-bond donors (Lipinski definition) is 2. The van der Waals surface area contributed by atoms with Crippen molar-refractivity contribution >= 4 is 34.3 Å². The molecule has 1 aromatic heterocycles. The van der Waals surface area contributed by atoms with Crippen LogP contribution in [0.3, 0.4) is 0 Å². The topological polar surface area (TPSA) is 47.3 Å². The summed E-state index contributed by atoms with van der Waals surface area (Å²) in [7, 11) is 0. The molecule has 3 N–H and O–H groups in total. The Bertz CT molecular complexity index is 527. The van der Waals surface area contributed by atoms with E-state index in [4.69, 9.17) is 22.1 Å². The predicted molar refractivity (Wildman–Crippen MR) is 78.7 cm³/mol. The zero-order valence-electron chi connectivity index (χ0n) is 10.1. The number of hydrogen-bond acceptors (Lipinski definition) is 4. The molecule has 0 aliphatic rings.